The minimum Gasteiger partial charge on any atom is -0.352 e. The maximum Gasteiger partial charge on any atom is 0.103 e. The van der Waals surface area contributed by atoms with Gasteiger partial charge >= 0.3 is 0 Å². The van der Waals surface area contributed by atoms with E-state index in [9.17, 15) is 21.0 Å². The minimum absolute atomic E-state index is 0.184. The molecule has 0 amide bonds. The highest BCUT2D eigenvalue weighted by molar-refractivity contribution is 6.05. The van der Waals surface area contributed by atoms with Gasteiger partial charge in [0.1, 0.15) is 24.3 Å². The van der Waals surface area contributed by atoms with Crippen LogP contribution in [-0.4, -0.2) is 19.9 Å². The Morgan fingerprint density at radius 1 is 0.250 bits per heavy atom. The number of fused-ring (bicyclic) bond motifs is 8. The fraction of sp³-hybridized carbons (Fsp3) is 0.400. The van der Waals surface area contributed by atoms with E-state index in [1.807, 2.05) is 24.3 Å². The van der Waals surface area contributed by atoms with Crippen molar-refractivity contribution in [2.75, 3.05) is 0 Å². The first-order chi connectivity index (χ1) is 40.5. The second-order valence-electron chi connectivity index (χ2n) is 32.8. The lowest BCUT2D eigenvalue weighted by Crippen LogP contribution is -2.16. The molecule has 0 saturated carbocycles. The molecule has 0 aliphatic carbocycles. The Bertz CT molecular complexity index is 3780. The molecule has 0 radical (unpaired) electrons. The molecule has 0 spiro atoms. The van der Waals surface area contributed by atoms with Gasteiger partial charge in [-0.3, -0.25) is 0 Å². The standard InChI is InChI=1S/C80H90N8/c1-73(2,3)49-29-45(30-50(37-49)74(4,5)6)65-61-25-26-62(85-61)66(46-31-51(75(7,8)9)38-52(32-46)76(10,11)12)71-59(43-83)60(44-84)72(88-71)68(48-35-55(79(19,20)21)40-56(36-48)80(22,23)24)64-28-27-63(86-64)67(70-58(42-82)57(41-81)69(65)87-70)47-33-53(77(13,14)15)39-54(34-47)78(16,17)18/h25-40,87-88H,1-24H3. The monoisotopic (exact) mass is 1160 g/mol. The Balaban J connectivity index is 1.71. The van der Waals surface area contributed by atoms with Gasteiger partial charge in [-0.05, 0) is 134 Å². The molecule has 9 rings (SSSR count). The molecular formula is C80H90N8. The molecule has 7 aromatic rings. The van der Waals surface area contributed by atoms with Crippen LogP contribution in [0, 0.1) is 45.3 Å². The van der Waals surface area contributed by atoms with Crippen LogP contribution in [0.3, 0.4) is 0 Å². The minimum atomic E-state index is -0.291. The molecular weight excluding hydrogens is 1070 g/mol. The number of H-pyrrole nitrogens is 2. The molecule has 3 aromatic heterocycles. The van der Waals surface area contributed by atoms with Crippen molar-refractivity contribution in [1.82, 2.24) is 19.9 Å². The van der Waals surface area contributed by atoms with E-state index in [0.29, 0.717) is 67.1 Å². The van der Waals surface area contributed by atoms with Crippen LogP contribution in [0.2, 0.25) is 0 Å². The van der Waals surface area contributed by atoms with Crippen LogP contribution in [0.5, 0.6) is 0 Å². The Morgan fingerprint density at radius 2 is 0.398 bits per heavy atom. The molecule has 4 aromatic carbocycles. The number of aromatic nitrogens is 4. The van der Waals surface area contributed by atoms with Crippen LogP contribution in [0.4, 0.5) is 0 Å². The second kappa shape index (κ2) is 21.6. The number of benzene rings is 4. The fourth-order valence-corrected chi connectivity index (χ4v) is 11.7. The van der Waals surface area contributed by atoms with E-state index in [1.165, 1.54) is 0 Å². The lowest BCUT2D eigenvalue weighted by Gasteiger charge is -2.26. The van der Waals surface area contributed by atoms with Gasteiger partial charge in [0.05, 0.1) is 67.1 Å². The molecule has 0 fully saturated rings. The third kappa shape index (κ3) is 12.1. The van der Waals surface area contributed by atoms with Crippen molar-refractivity contribution in [1.29, 1.82) is 21.0 Å². The number of hydrogen-bond donors (Lipinski definition) is 2. The molecule has 450 valence electrons. The highest BCUT2D eigenvalue weighted by Crippen LogP contribution is 2.47. The third-order valence-electron chi connectivity index (χ3n) is 17.6. The Morgan fingerprint density at radius 3 is 0.523 bits per heavy atom. The summed E-state index contributed by atoms with van der Waals surface area (Å²) in [4.78, 5) is 19.2. The second-order valence-corrected chi connectivity index (χ2v) is 32.8. The number of rotatable bonds is 4. The molecule has 0 unspecified atom stereocenters. The average molecular weight is 1160 g/mol. The SMILES string of the molecule is CC(C)(C)c1cc(-c2c3nc(c(-c4cc(C(C)(C)C)cc(C(C)(C)C)c4)c4[nH]c(c(C#N)c4C#N)c(-c4cc(C(C)(C)C)cc(C(C)(C)C)c4)c4nc(c(-c5cc(C(C)(C)C)cc(C(C)(C)C)c5)c5[nH]c2c(C#N)c5C#N)C=C4)C=C3)cc(C(C)(C)C)c1. The lowest BCUT2D eigenvalue weighted by molar-refractivity contribution is 0.568. The Labute approximate surface area is 525 Å². The van der Waals surface area contributed by atoms with Gasteiger partial charge in [0.2, 0.25) is 0 Å². The number of nitriles is 4. The van der Waals surface area contributed by atoms with Gasteiger partial charge in [0, 0.05) is 22.3 Å². The van der Waals surface area contributed by atoms with Crippen molar-refractivity contribution in [3.05, 3.63) is 162 Å². The topological polar surface area (TPSA) is 153 Å². The van der Waals surface area contributed by atoms with Crippen LogP contribution in [0.15, 0.2) is 72.8 Å². The van der Waals surface area contributed by atoms with Crippen molar-refractivity contribution in [2.24, 2.45) is 0 Å². The molecule has 2 N–H and O–H groups in total. The summed E-state index contributed by atoms with van der Waals surface area (Å²) in [5.74, 6) is 0. The van der Waals surface area contributed by atoms with Gasteiger partial charge in [-0.1, -0.05) is 239 Å². The first kappa shape index (κ1) is 63.9. The van der Waals surface area contributed by atoms with E-state index < -0.39 is 0 Å². The normalized spacial score (nSPS) is 13.3. The first-order valence-electron chi connectivity index (χ1n) is 31.0. The highest BCUT2D eigenvalue weighted by Gasteiger charge is 2.32. The summed E-state index contributed by atoms with van der Waals surface area (Å²) in [6.07, 6.45) is 7.99. The molecule has 8 heteroatoms. The van der Waals surface area contributed by atoms with Crippen LogP contribution in [-0.2, 0) is 43.3 Å². The van der Waals surface area contributed by atoms with E-state index in [0.717, 1.165) is 66.8 Å². The Kier molecular flexibility index (Phi) is 15.7. The summed E-state index contributed by atoms with van der Waals surface area (Å²) in [5.41, 5.74) is 17.0. The molecule has 88 heavy (non-hydrogen) atoms. The van der Waals surface area contributed by atoms with Crippen LogP contribution >= 0.6 is 0 Å². The molecule has 0 saturated heterocycles. The molecule has 5 heterocycles. The predicted molar refractivity (Wildman–Crippen MR) is 369 cm³/mol. The van der Waals surface area contributed by atoms with Crippen molar-refractivity contribution in [3.8, 4) is 68.8 Å². The molecule has 0 atom stereocenters. The number of nitrogens with zero attached hydrogens (tertiary/aromatic N) is 6. The quantitative estimate of drug-likeness (QED) is 0.179. The van der Waals surface area contributed by atoms with Gasteiger partial charge in [-0.2, -0.15) is 21.0 Å². The van der Waals surface area contributed by atoms with Crippen molar-refractivity contribution >= 4 is 46.4 Å². The third-order valence-corrected chi connectivity index (χ3v) is 17.6. The summed E-state index contributed by atoms with van der Waals surface area (Å²) in [6, 6.07) is 37.1. The molecule has 8 bridgehead atoms. The lowest BCUT2D eigenvalue weighted by atomic mass is 9.78. The molecule has 2 aliphatic heterocycles. The van der Waals surface area contributed by atoms with E-state index in [4.69, 9.17) is 9.97 Å². The van der Waals surface area contributed by atoms with Crippen molar-refractivity contribution in [2.45, 2.75) is 209 Å². The summed E-state index contributed by atoms with van der Waals surface area (Å²) in [7, 11) is 0. The average Bonchev–Trinajstić information content (AvgIpc) is 1.75. The van der Waals surface area contributed by atoms with Gasteiger partial charge in [0.25, 0.3) is 0 Å². The zero-order chi connectivity index (χ0) is 65.1. The zero-order valence-electron chi connectivity index (χ0n) is 56.9. The Hall–Kier alpha value is -8.56. The summed E-state index contributed by atoms with van der Waals surface area (Å²) in [6.45, 7) is 53.0. The number of hydrogen-bond acceptors (Lipinski definition) is 6. The van der Waals surface area contributed by atoms with E-state index in [1.54, 1.807) is 0 Å². The summed E-state index contributed by atoms with van der Waals surface area (Å²) in [5, 5.41) is 47.3. The molecule has 8 nitrogen and oxygen atoms in total. The number of aromatic amines is 2. The van der Waals surface area contributed by atoms with Crippen LogP contribution < -0.4 is 0 Å². The fourth-order valence-electron chi connectivity index (χ4n) is 11.7. The van der Waals surface area contributed by atoms with E-state index in [2.05, 4.69) is 273 Å². The van der Waals surface area contributed by atoms with Gasteiger partial charge < -0.3 is 9.97 Å². The van der Waals surface area contributed by atoms with E-state index in [-0.39, 0.29) is 65.6 Å². The van der Waals surface area contributed by atoms with Crippen molar-refractivity contribution < 1.29 is 0 Å². The van der Waals surface area contributed by atoms with Crippen molar-refractivity contribution in [3.63, 3.8) is 0 Å². The van der Waals surface area contributed by atoms with Gasteiger partial charge in [-0.15, -0.1) is 0 Å². The predicted octanol–water partition coefficient (Wildman–Crippen LogP) is 21.2. The number of nitrogens with one attached hydrogen (secondary N) is 2. The highest BCUT2D eigenvalue weighted by atomic mass is 14.8. The van der Waals surface area contributed by atoms with Gasteiger partial charge in [-0.25, -0.2) is 9.97 Å². The van der Waals surface area contributed by atoms with Gasteiger partial charge in [0.15, 0.2) is 0 Å². The van der Waals surface area contributed by atoms with E-state index >= 15 is 0 Å². The largest absolute Gasteiger partial charge is 0.352 e. The first-order valence-corrected chi connectivity index (χ1v) is 31.0. The summed E-state index contributed by atoms with van der Waals surface area (Å²) < 4.78 is 0. The molecule has 2 aliphatic rings. The van der Waals surface area contributed by atoms with Crippen LogP contribution in [0.1, 0.15) is 256 Å². The maximum absolute atomic E-state index is 11.8. The van der Waals surface area contributed by atoms with Crippen LogP contribution in [0.25, 0.3) is 90.9 Å². The smallest absolute Gasteiger partial charge is 0.103 e. The zero-order valence-corrected chi connectivity index (χ0v) is 56.9. The summed E-state index contributed by atoms with van der Waals surface area (Å²) >= 11 is 0. The maximum atomic E-state index is 11.8.